The molecule has 0 bridgehead atoms. The van der Waals surface area contributed by atoms with Gasteiger partial charge in [-0.05, 0) is 26.3 Å². The summed E-state index contributed by atoms with van der Waals surface area (Å²) in [6, 6.07) is 8.11. The van der Waals surface area contributed by atoms with Gasteiger partial charge in [-0.3, -0.25) is 4.79 Å². The predicted octanol–water partition coefficient (Wildman–Crippen LogP) is 2.82. The quantitative estimate of drug-likeness (QED) is 0.629. The third-order valence-electron chi connectivity index (χ3n) is 3.36. The SMILES string of the molecule is C=C1CC(C(=O)OCc2ccccc2)N(C(=O)OC(C)(C)C)C1=O. The van der Waals surface area contributed by atoms with Crippen molar-refractivity contribution in [3.63, 3.8) is 0 Å². The van der Waals surface area contributed by atoms with E-state index in [-0.39, 0.29) is 18.6 Å². The number of esters is 1. The molecule has 6 nitrogen and oxygen atoms in total. The summed E-state index contributed by atoms with van der Waals surface area (Å²) in [7, 11) is 0. The number of amides is 2. The Morgan fingerprint density at radius 2 is 1.88 bits per heavy atom. The molecule has 0 radical (unpaired) electrons. The summed E-state index contributed by atoms with van der Waals surface area (Å²) in [5, 5.41) is 0. The second-order valence-electron chi connectivity index (χ2n) is 6.57. The van der Waals surface area contributed by atoms with Crippen molar-refractivity contribution in [2.24, 2.45) is 0 Å². The number of ether oxygens (including phenoxy) is 2. The maximum atomic E-state index is 12.3. The Labute approximate surface area is 141 Å². The fourth-order valence-electron chi connectivity index (χ4n) is 2.26. The summed E-state index contributed by atoms with van der Waals surface area (Å²) in [6.07, 6.45) is -0.820. The molecule has 1 aromatic carbocycles. The van der Waals surface area contributed by atoms with Crippen LogP contribution in [0.4, 0.5) is 4.79 Å². The van der Waals surface area contributed by atoms with E-state index < -0.39 is 29.6 Å². The molecule has 128 valence electrons. The van der Waals surface area contributed by atoms with Crippen molar-refractivity contribution < 1.29 is 23.9 Å². The minimum atomic E-state index is -1.04. The number of carbonyl (C=O) groups excluding carboxylic acids is 3. The molecule has 0 aliphatic carbocycles. The highest BCUT2D eigenvalue weighted by Crippen LogP contribution is 2.26. The average Bonchev–Trinajstić information content (AvgIpc) is 2.80. The molecule has 2 amide bonds. The number of benzene rings is 1. The van der Waals surface area contributed by atoms with E-state index in [1.165, 1.54) is 0 Å². The van der Waals surface area contributed by atoms with Crippen LogP contribution in [0.25, 0.3) is 0 Å². The Bertz CT molecular complexity index is 660. The second-order valence-corrected chi connectivity index (χ2v) is 6.57. The van der Waals surface area contributed by atoms with Crippen molar-refractivity contribution in [3.8, 4) is 0 Å². The molecule has 0 saturated carbocycles. The average molecular weight is 331 g/mol. The molecule has 1 heterocycles. The summed E-state index contributed by atoms with van der Waals surface area (Å²) >= 11 is 0. The molecule has 1 aliphatic rings. The van der Waals surface area contributed by atoms with Gasteiger partial charge in [-0.1, -0.05) is 36.9 Å². The normalized spacial score (nSPS) is 17.8. The van der Waals surface area contributed by atoms with E-state index in [2.05, 4.69) is 6.58 Å². The standard InChI is InChI=1S/C18H21NO5/c1-12-10-14(16(21)23-11-13-8-6-5-7-9-13)19(15(12)20)17(22)24-18(2,3)4/h5-9,14H,1,10-11H2,2-4H3. The third kappa shape index (κ3) is 4.22. The molecule has 1 saturated heterocycles. The minimum absolute atomic E-state index is 0.0473. The first-order valence-corrected chi connectivity index (χ1v) is 7.64. The Morgan fingerprint density at radius 1 is 1.25 bits per heavy atom. The van der Waals surface area contributed by atoms with Crippen molar-refractivity contribution in [2.45, 2.75) is 45.4 Å². The highest BCUT2D eigenvalue weighted by atomic mass is 16.6. The number of hydrogen-bond acceptors (Lipinski definition) is 5. The van der Waals surface area contributed by atoms with E-state index in [0.29, 0.717) is 0 Å². The Hall–Kier alpha value is -2.63. The minimum Gasteiger partial charge on any atom is -0.459 e. The number of hydrogen-bond donors (Lipinski definition) is 0. The van der Waals surface area contributed by atoms with Gasteiger partial charge in [0.2, 0.25) is 0 Å². The van der Waals surface area contributed by atoms with E-state index in [9.17, 15) is 14.4 Å². The first kappa shape index (κ1) is 17.7. The van der Waals surface area contributed by atoms with Crippen molar-refractivity contribution in [1.29, 1.82) is 0 Å². The van der Waals surface area contributed by atoms with Gasteiger partial charge in [0.25, 0.3) is 5.91 Å². The zero-order valence-electron chi connectivity index (χ0n) is 14.1. The monoisotopic (exact) mass is 331 g/mol. The molecule has 1 aromatic rings. The Balaban J connectivity index is 2.08. The molecule has 0 aromatic heterocycles. The fourth-order valence-corrected chi connectivity index (χ4v) is 2.26. The van der Waals surface area contributed by atoms with Gasteiger partial charge in [0, 0.05) is 12.0 Å². The van der Waals surface area contributed by atoms with Crippen LogP contribution in [-0.2, 0) is 25.7 Å². The Morgan fingerprint density at radius 3 is 2.46 bits per heavy atom. The Kier molecular flexibility index (Phi) is 5.07. The summed E-state index contributed by atoms with van der Waals surface area (Å²) in [4.78, 5) is 37.5. The number of nitrogens with zero attached hydrogens (tertiary/aromatic N) is 1. The molecule has 1 unspecified atom stereocenters. The van der Waals surface area contributed by atoms with Crippen LogP contribution in [0.5, 0.6) is 0 Å². The molecule has 0 spiro atoms. The van der Waals surface area contributed by atoms with E-state index in [1.807, 2.05) is 30.3 Å². The van der Waals surface area contributed by atoms with Gasteiger partial charge < -0.3 is 9.47 Å². The summed E-state index contributed by atoms with van der Waals surface area (Å²) in [5.41, 5.74) is 0.222. The van der Waals surface area contributed by atoms with Gasteiger partial charge in [-0.2, -0.15) is 0 Å². The van der Waals surface area contributed by atoms with Crippen molar-refractivity contribution in [2.75, 3.05) is 0 Å². The highest BCUT2D eigenvalue weighted by molar-refractivity contribution is 6.08. The van der Waals surface area contributed by atoms with Crippen molar-refractivity contribution >= 4 is 18.0 Å². The van der Waals surface area contributed by atoms with Gasteiger partial charge in [-0.15, -0.1) is 0 Å². The number of rotatable bonds is 3. The first-order chi connectivity index (χ1) is 11.2. The smallest absolute Gasteiger partial charge is 0.418 e. The summed E-state index contributed by atoms with van der Waals surface area (Å²) < 4.78 is 10.4. The van der Waals surface area contributed by atoms with Crippen molar-refractivity contribution in [1.82, 2.24) is 4.90 Å². The van der Waals surface area contributed by atoms with Crippen LogP contribution in [0.3, 0.4) is 0 Å². The van der Waals surface area contributed by atoms with Gasteiger partial charge >= 0.3 is 12.1 Å². The van der Waals surface area contributed by atoms with E-state index in [4.69, 9.17) is 9.47 Å². The summed E-state index contributed by atoms with van der Waals surface area (Å²) in [6.45, 7) is 8.73. The molecular weight excluding hydrogens is 310 g/mol. The van der Waals surface area contributed by atoms with E-state index in [1.54, 1.807) is 20.8 Å². The molecule has 6 heteroatoms. The number of likely N-dealkylation sites (tertiary alicyclic amines) is 1. The van der Waals surface area contributed by atoms with Crippen LogP contribution < -0.4 is 0 Å². The zero-order valence-corrected chi connectivity index (χ0v) is 14.1. The lowest BCUT2D eigenvalue weighted by Gasteiger charge is -2.26. The van der Waals surface area contributed by atoms with Crippen LogP contribution in [-0.4, -0.2) is 34.5 Å². The van der Waals surface area contributed by atoms with E-state index >= 15 is 0 Å². The number of carbonyl (C=O) groups is 3. The molecule has 1 fully saturated rings. The first-order valence-electron chi connectivity index (χ1n) is 7.64. The van der Waals surface area contributed by atoms with Crippen LogP contribution in [0.2, 0.25) is 0 Å². The van der Waals surface area contributed by atoms with Gasteiger partial charge in [0.1, 0.15) is 18.2 Å². The largest absolute Gasteiger partial charge is 0.459 e. The fraction of sp³-hybridized carbons (Fsp3) is 0.389. The van der Waals surface area contributed by atoms with Crippen LogP contribution in [0, 0.1) is 0 Å². The lowest BCUT2D eigenvalue weighted by atomic mass is 10.2. The maximum absolute atomic E-state index is 12.3. The van der Waals surface area contributed by atoms with Crippen LogP contribution in [0.1, 0.15) is 32.8 Å². The molecule has 1 atom stereocenters. The van der Waals surface area contributed by atoms with Gasteiger partial charge in [0.05, 0.1) is 0 Å². The lowest BCUT2D eigenvalue weighted by Crippen LogP contribution is -2.46. The summed E-state index contributed by atoms with van der Waals surface area (Å²) in [5.74, 6) is -1.26. The van der Waals surface area contributed by atoms with Gasteiger partial charge in [-0.25, -0.2) is 14.5 Å². The second kappa shape index (κ2) is 6.86. The third-order valence-corrected chi connectivity index (χ3v) is 3.36. The van der Waals surface area contributed by atoms with Crippen LogP contribution in [0.15, 0.2) is 42.5 Å². The molecule has 2 rings (SSSR count). The molecule has 1 aliphatic heterocycles. The van der Waals surface area contributed by atoms with Crippen molar-refractivity contribution in [3.05, 3.63) is 48.0 Å². The predicted molar refractivity (Wildman–Crippen MR) is 86.9 cm³/mol. The molecule has 0 N–H and O–H groups in total. The molecular formula is C18H21NO5. The topological polar surface area (TPSA) is 72.9 Å². The molecule has 24 heavy (non-hydrogen) atoms. The van der Waals surface area contributed by atoms with Gasteiger partial charge in [0.15, 0.2) is 0 Å². The zero-order chi connectivity index (χ0) is 17.9. The maximum Gasteiger partial charge on any atom is 0.418 e. The highest BCUT2D eigenvalue weighted by Gasteiger charge is 2.45. The lowest BCUT2D eigenvalue weighted by molar-refractivity contribution is -0.152. The van der Waals surface area contributed by atoms with Crippen LogP contribution >= 0.6 is 0 Å². The van der Waals surface area contributed by atoms with E-state index in [0.717, 1.165) is 10.5 Å². The number of imide groups is 1.